The molecule has 2 rings (SSSR count). The second kappa shape index (κ2) is 8.08. The molecule has 0 aromatic heterocycles. The summed E-state index contributed by atoms with van der Waals surface area (Å²) >= 11 is 5.89. The number of nitrogens with zero attached hydrogens (tertiary/aromatic N) is 1. The molecule has 7 heteroatoms. The standard InChI is InChI=1S/C18H13ClFN3O2/c1-11(24)22-13-5-7-14(8-6-13)23-18(25)12(10-21)9-15-16(19)3-2-4-17(15)20/h2-9H,1H3,(H,22,24)(H,23,25)/b12-9+. The summed E-state index contributed by atoms with van der Waals surface area (Å²) in [5, 5.41) is 14.4. The van der Waals surface area contributed by atoms with Gasteiger partial charge < -0.3 is 10.6 Å². The molecule has 2 amide bonds. The van der Waals surface area contributed by atoms with Gasteiger partial charge in [-0.3, -0.25) is 9.59 Å². The van der Waals surface area contributed by atoms with Crippen LogP contribution in [-0.2, 0) is 9.59 Å². The molecular weight excluding hydrogens is 345 g/mol. The molecule has 0 unspecified atom stereocenters. The number of halogens is 2. The Hall–Kier alpha value is -3.17. The highest BCUT2D eigenvalue weighted by atomic mass is 35.5. The fraction of sp³-hybridized carbons (Fsp3) is 0.0556. The van der Waals surface area contributed by atoms with Crippen molar-refractivity contribution in [2.45, 2.75) is 6.92 Å². The summed E-state index contributed by atoms with van der Waals surface area (Å²) in [4.78, 5) is 23.2. The number of anilines is 2. The first-order chi connectivity index (χ1) is 11.9. The van der Waals surface area contributed by atoms with Crippen LogP contribution in [0.3, 0.4) is 0 Å². The average Bonchev–Trinajstić information content (AvgIpc) is 2.56. The van der Waals surface area contributed by atoms with Crippen LogP contribution in [-0.4, -0.2) is 11.8 Å². The van der Waals surface area contributed by atoms with Gasteiger partial charge in [-0.1, -0.05) is 17.7 Å². The zero-order chi connectivity index (χ0) is 18.4. The molecule has 2 N–H and O–H groups in total. The van der Waals surface area contributed by atoms with Gasteiger partial charge in [-0.2, -0.15) is 5.26 Å². The van der Waals surface area contributed by atoms with Crippen molar-refractivity contribution in [3.63, 3.8) is 0 Å². The average molecular weight is 358 g/mol. The number of benzene rings is 2. The minimum absolute atomic E-state index is 0.0307. The Bertz CT molecular complexity index is 866. The summed E-state index contributed by atoms with van der Waals surface area (Å²) in [6.45, 7) is 1.38. The van der Waals surface area contributed by atoms with Crippen LogP contribution in [0, 0.1) is 17.1 Å². The fourth-order valence-corrected chi connectivity index (χ4v) is 2.20. The molecule has 0 fully saturated rings. The lowest BCUT2D eigenvalue weighted by molar-refractivity contribution is -0.114. The van der Waals surface area contributed by atoms with E-state index >= 15 is 0 Å². The molecule has 0 aliphatic carbocycles. The van der Waals surface area contributed by atoms with E-state index in [9.17, 15) is 14.0 Å². The molecule has 0 atom stereocenters. The highest BCUT2D eigenvalue weighted by Gasteiger charge is 2.13. The van der Waals surface area contributed by atoms with E-state index in [0.29, 0.717) is 11.4 Å². The molecule has 0 saturated heterocycles. The quantitative estimate of drug-likeness (QED) is 0.641. The van der Waals surface area contributed by atoms with Crippen LogP contribution in [0.1, 0.15) is 12.5 Å². The third-order valence-corrected chi connectivity index (χ3v) is 3.45. The van der Waals surface area contributed by atoms with E-state index in [2.05, 4.69) is 10.6 Å². The van der Waals surface area contributed by atoms with E-state index in [4.69, 9.17) is 16.9 Å². The molecular formula is C18H13ClFN3O2. The van der Waals surface area contributed by atoms with E-state index in [0.717, 1.165) is 6.08 Å². The number of nitrogens with one attached hydrogen (secondary N) is 2. The summed E-state index contributed by atoms with van der Waals surface area (Å²) in [6, 6.07) is 12.1. The first kappa shape index (κ1) is 18.2. The minimum Gasteiger partial charge on any atom is -0.326 e. The van der Waals surface area contributed by atoms with Crippen LogP contribution in [0.2, 0.25) is 5.02 Å². The van der Waals surface area contributed by atoms with Crippen molar-refractivity contribution in [2.75, 3.05) is 10.6 Å². The molecule has 25 heavy (non-hydrogen) atoms. The Morgan fingerprint density at radius 2 is 1.72 bits per heavy atom. The number of hydrogen-bond acceptors (Lipinski definition) is 3. The van der Waals surface area contributed by atoms with Crippen LogP contribution in [0.15, 0.2) is 48.0 Å². The fourth-order valence-electron chi connectivity index (χ4n) is 1.98. The van der Waals surface area contributed by atoms with Gasteiger partial charge in [0.05, 0.1) is 5.02 Å². The van der Waals surface area contributed by atoms with E-state index in [-0.39, 0.29) is 22.1 Å². The number of rotatable bonds is 4. The third kappa shape index (κ3) is 4.90. The topological polar surface area (TPSA) is 82.0 Å². The van der Waals surface area contributed by atoms with E-state index in [1.807, 2.05) is 0 Å². The predicted molar refractivity (Wildman–Crippen MR) is 94.4 cm³/mol. The highest BCUT2D eigenvalue weighted by molar-refractivity contribution is 6.32. The first-order valence-corrected chi connectivity index (χ1v) is 7.53. The van der Waals surface area contributed by atoms with Crippen LogP contribution < -0.4 is 10.6 Å². The number of nitriles is 1. The minimum atomic E-state index is -0.700. The van der Waals surface area contributed by atoms with Gasteiger partial charge in [0.15, 0.2) is 0 Å². The van der Waals surface area contributed by atoms with Crippen molar-refractivity contribution in [3.8, 4) is 6.07 Å². The normalized spacial score (nSPS) is 10.7. The summed E-state index contributed by atoms with van der Waals surface area (Å²) in [5.41, 5.74) is 0.661. The maximum Gasteiger partial charge on any atom is 0.266 e. The molecule has 0 bridgehead atoms. The summed E-state index contributed by atoms with van der Waals surface area (Å²) in [6.07, 6.45) is 1.10. The summed E-state index contributed by atoms with van der Waals surface area (Å²) in [5.74, 6) is -1.55. The molecule has 0 heterocycles. The SMILES string of the molecule is CC(=O)Nc1ccc(NC(=O)/C(C#N)=C/c2c(F)cccc2Cl)cc1. The summed E-state index contributed by atoms with van der Waals surface area (Å²) < 4.78 is 13.8. The van der Waals surface area contributed by atoms with Gasteiger partial charge in [0.25, 0.3) is 5.91 Å². The van der Waals surface area contributed by atoms with Gasteiger partial charge in [0.2, 0.25) is 5.91 Å². The zero-order valence-corrected chi connectivity index (χ0v) is 13.9. The van der Waals surface area contributed by atoms with Crippen LogP contribution in [0.25, 0.3) is 6.08 Å². The molecule has 2 aromatic rings. The first-order valence-electron chi connectivity index (χ1n) is 7.15. The number of amides is 2. The lowest BCUT2D eigenvalue weighted by Crippen LogP contribution is -2.13. The smallest absolute Gasteiger partial charge is 0.266 e. The van der Waals surface area contributed by atoms with Crippen molar-refractivity contribution in [2.24, 2.45) is 0 Å². The number of carbonyl (C=O) groups is 2. The Balaban J connectivity index is 2.19. The summed E-state index contributed by atoms with van der Waals surface area (Å²) in [7, 11) is 0. The third-order valence-electron chi connectivity index (χ3n) is 3.12. The highest BCUT2D eigenvalue weighted by Crippen LogP contribution is 2.22. The Morgan fingerprint density at radius 3 is 2.24 bits per heavy atom. The van der Waals surface area contributed by atoms with E-state index < -0.39 is 11.7 Å². The van der Waals surface area contributed by atoms with Crippen LogP contribution in [0.5, 0.6) is 0 Å². The monoisotopic (exact) mass is 357 g/mol. The lowest BCUT2D eigenvalue weighted by atomic mass is 10.1. The van der Waals surface area contributed by atoms with Crippen molar-refractivity contribution < 1.29 is 14.0 Å². The number of carbonyl (C=O) groups excluding carboxylic acids is 2. The Kier molecular flexibility index (Phi) is 5.88. The van der Waals surface area contributed by atoms with E-state index in [1.165, 1.54) is 25.1 Å². The Morgan fingerprint density at radius 1 is 1.12 bits per heavy atom. The molecule has 0 aliphatic rings. The second-order valence-corrected chi connectivity index (χ2v) is 5.43. The molecule has 0 radical (unpaired) electrons. The van der Waals surface area contributed by atoms with Gasteiger partial charge in [0, 0.05) is 23.9 Å². The van der Waals surface area contributed by atoms with Crippen molar-refractivity contribution >= 4 is 40.9 Å². The predicted octanol–water partition coefficient (Wildman–Crippen LogP) is 3.98. The van der Waals surface area contributed by atoms with Crippen molar-refractivity contribution in [3.05, 3.63) is 64.4 Å². The maximum absolute atomic E-state index is 13.8. The largest absolute Gasteiger partial charge is 0.326 e. The van der Waals surface area contributed by atoms with Crippen LogP contribution in [0.4, 0.5) is 15.8 Å². The van der Waals surface area contributed by atoms with Crippen molar-refractivity contribution in [1.29, 1.82) is 5.26 Å². The van der Waals surface area contributed by atoms with Crippen molar-refractivity contribution in [1.82, 2.24) is 0 Å². The van der Waals surface area contributed by atoms with Gasteiger partial charge in [0.1, 0.15) is 17.5 Å². The lowest BCUT2D eigenvalue weighted by Gasteiger charge is -2.07. The maximum atomic E-state index is 13.8. The second-order valence-electron chi connectivity index (χ2n) is 5.02. The van der Waals surface area contributed by atoms with Crippen LogP contribution >= 0.6 is 11.6 Å². The number of hydrogen-bond donors (Lipinski definition) is 2. The van der Waals surface area contributed by atoms with E-state index in [1.54, 1.807) is 30.3 Å². The zero-order valence-electron chi connectivity index (χ0n) is 13.1. The van der Waals surface area contributed by atoms with Gasteiger partial charge in [-0.25, -0.2) is 4.39 Å². The molecule has 0 aliphatic heterocycles. The molecule has 5 nitrogen and oxygen atoms in total. The molecule has 0 saturated carbocycles. The molecule has 126 valence electrons. The van der Waals surface area contributed by atoms with Gasteiger partial charge >= 0.3 is 0 Å². The van der Waals surface area contributed by atoms with Gasteiger partial charge in [-0.15, -0.1) is 0 Å². The van der Waals surface area contributed by atoms with Gasteiger partial charge in [-0.05, 0) is 42.5 Å². The molecule has 2 aromatic carbocycles. The molecule has 0 spiro atoms. The Labute approximate surface area is 148 Å².